The molecule has 0 bridgehead atoms. The molecule has 0 atom stereocenters. The van der Waals surface area contributed by atoms with Gasteiger partial charge in [-0.05, 0) is 24.3 Å². The Bertz CT molecular complexity index is 1050. The first-order valence-corrected chi connectivity index (χ1v) is 15.5. The number of hydrogen-bond acceptors (Lipinski definition) is 13. The van der Waals surface area contributed by atoms with E-state index >= 15 is 0 Å². The predicted molar refractivity (Wildman–Crippen MR) is 183 cm³/mol. The minimum absolute atomic E-state index is 0. The van der Waals surface area contributed by atoms with Crippen LogP contribution in [0.25, 0.3) is 0 Å². The van der Waals surface area contributed by atoms with Crippen molar-refractivity contribution in [3.63, 3.8) is 0 Å². The highest BCUT2D eigenvalue weighted by Gasteiger charge is 2.10. The Balaban J connectivity index is 0.000000692. The molecule has 16 nitrogen and oxygen atoms in total. The van der Waals surface area contributed by atoms with Crippen LogP contribution < -0.4 is 42.1 Å². The Morgan fingerprint density at radius 2 is 0.851 bits per heavy atom. The SMILES string of the molecule is C1CNCCNCCNCCN1.CC#N.O.O=[N+]([O-])c1ccc(F)cc1.O=[N+]([O-])c1ccc(N2CCNCCNCCNCC2)cc1. The lowest BCUT2D eigenvalue weighted by Crippen LogP contribution is -2.41. The molecule has 0 amide bonds. The summed E-state index contributed by atoms with van der Waals surface area (Å²) in [6.45, 7) is 17.4. The zero-order valence-corrected chi connectivity index (χ0v) is 27.2. The van der Waals surface area contributed by atoms with Gasteiger partial charge in [0.25, 0.3) is 11.4 Å². The smallest absolute Gasteiger partial charge is 0.269 e. The van der Waals surface area contributed by atoms with Gasteiger partial charge in [-0.3, -0.25) is 20.2 Å². The van der Waals surface area contributed by atoms with Gasteiger partial charge in [0.05, 0.1) is 15.9 Å². The van der Waals surface area contributed by atoms with E-state index in [9.17, 15) is 24.6 Å². The topological polar surface area (TPSA) is 229 Å². The van der Waals surface area contributed by atoms with Gasteiger partial charge >= 0.3 is 0 Å². The summed E-state index contributed by atoms with van der Waals surface area (Å²) in [7, 11) is 0. The van der Waals surface area contributed by atoms with Gasteiger partial charge in [0.2, 0.25) is 0 Å². The number of anilines is 1. The van der Waals surface area contributed by atoms with Gasteiger partial charge in [-0.15, -0.1) is 0 Å². The Kier molecular flexibility index (Phi) is 27.1. The van der Waals surface area contributed by atoms with Crippen molar-refractivity contribution in [3.8, 4) is 6.07 Å². The van der Waals surface area contributed by atoms with Crippen molar-refractivity contribution in [2.24, 2.45) is 0 Å². The number of non-ortho nitro benzene ring substituents is 2. The number of hydrogen-bond donors (Lipinski definition) is 7. The van der Waals surface area contributed by atoms with Crippen LogP contribution in [-0.4, -0.2) is 120 Å². The molecule has 17 heteroatoms. The lowest BCUT2D eigenvalue weighted by molar-refractivity contribution is -0.385. The molecule has 2 aromatic carbocycles. The molecule has 0 unspecified atom stereocenters. The fourth-order valence-corrected chi connectivity index (χ4v) is 4.08. The monoisotopic (exact) mass is 665 g/mol. The van der Waals surface area contributed by atoms with Gasteiger partial charge in [-0.25, -0.2) is 4.39 Å². The molecule has 2 aromatic rings. The Labute approximate surface area is 276 Å². The average Bonchev–Trinajstić information content (AvgIpc) is 3.03. The summed E-state index contributed by atoms with van der Waals surface area (Å²) < 4.78 is 12.1. The molecule has 0 aromatic heterocycles. The van der Waals surface area contributed by atoms with Crippen LogP contribution in [0.3, 0.4) is 0 Å². The number of nitrogens with zero attached hydrogens (tertiary/aromatic N) is 4. The maximum absolute atomic E-state index is 12.1. The van der Waals surface area contributed by atoms with Gasteiger partial charge in [-0.2, -0.15) is 5.26 Å². The number of nitriles is 1. The van der Waals surface area contributed by atoms with Crippen LogP contribution in [-0.2, 0) is 0 Å². The van der Waals surface area contributed by atoms with Gasteiger partial charge in [0, 0.05) is 142 Å². The highest BCUT2D eigenvalue weighted by Crippen LogP contribution is 2.19. The zero-order valence-electron chi connectivity index (χ0n) is 27.2. The first-order chi connectivity index (χ1) is 22.4. The number of nitro benzene ring substituents is 2. The molecule has 2 aliphatic rings. The van der Waals surface area contributed by atoms with E-state index in [-0.39, 0.29) is 21.8 Å². The van der Waals surface area contributed by atoms with E-state index in [1.165, 1.54) is 6.92 Å². The number of nitrogens with one attached hydrogen (secondary N) is 7. The maximum atomic E-state index is 12.1. The molecule has 0 aliphatic carbocycles. The second kappa shape index (κ2) is 29.5. The van der Waals surface area contributed by atoms with E-state index in [4.69, 9.17) is 5.26 Å². The molecule has 2 fully saturated rings. The highest BCUT2D eigenvalue weighted by molar-refractivity contribution is 5.51. The summed E-state index contributed by atoms with van der Waals surface area (Å²) in [5.74, 6) is -0.467. The largest absolute Gasteiger partial charge is 0.412 e. The van der Waals surface area contributed by atoms with Crippen LogP contribution in [0.1, 0.15) is 6.92 Å². The number of rotatable bonds is 3. The average molecular weight is 666 g/mol. The number of halogens is 1. The van der Waals surface area contributed by atoms with E-state index in [1.54, 1.807) is 18.2 Å². The van der Waals surface area contributed by atoms with Gasteiger partial charge in [0.15, 0.2) is 0 Å². The minimum atomic E-state index is -0.570. The fraction of sp³-hybridized carbons (Fsp3) is 0.567. The molecule has 0 spiro atoms. The third-order valence-corrected chi connectivity index (χ3v) is 6.45. The second-order valence-corrected chi connectivity index (χ2v) is 9.97. The standard InChI is InChI=1S/C14H23N5O2.C8H20N4.C6H4FNO2.C2H3N.H2O/c20-19(21)14-3-1-13(2-4-14)18-11-9-16-7-5-15-6-8-17-10-12-18;1-2-10-5-6-12-8-7-11-4-3-9-1;7-5-1-3-6(4-2-5)8(9)10;1-2-3;/h1-4,15-17H,5-12H2;9-12H,1-8H2;1-4H;1H3;1H2. The molecule has 2 heterocycles. The van der Waals surface area contributed by atoms with Crippen LogP contribution in [0.2, 0.25) is 0 Å². The summed E-state index contributed by atoms with van der Waals surface area (Å²) in [5.41, 5.74) is 1.07. The molecule has 2 aliphatic heterocycles. The molecular weight excluding hydrogens is 613 g/mol. The van der Waals surface area contributed by atoms with E-state index in [1.807, 2.05) is 12.1 Å². The van der Waals surface area contributed by atoms with Gasteiger partial charge in [-0.1, -0.05) is 0 Å². The quantitative estimate of drug-likeness (QED) is 0.169. The minimum Gasteiger partial charge on any atom is -0.412 e. The van der Waals surface area contributed by atoms with Crippen molar-refractivity contribution in [2.45, 2.75) is 6.92 Å². The van der Waals surface area contributed by atoms with Crippen molar-refractivity contribution in [1.29, 1.82) is 5.26 Å². The van der Waals surface area contributed by atoms with Gasteiger partial charge < -0.3 is 47.6 Å². The molecule has 9 N–H and O–H groups in total. The Morgan fingerprint density at radius 3 is 1.13 bits per heavy atom. The lowest BCUT2D eigenvalue weighted by Gasteiger charge is -2.26. The molecular formula is C30H52FN11O5. The third kappa shape index (κ3) is 23.2. The van der Waals surface area contributed by atoms with Crippen molar-refractivity contribution in [2.75, 3.05) is 110 Å². The lowest BCUT2D eigenvalue weighted by atomic mass is 10.2. The summed E-state index contributed by atoms with van der Waals surface area (Å²) >= 11 is 0. The first kappa shape index (κ1) is 43.1. The molecule has 4 rings (SSSR count). The molecule has 0 radical (unpaired) electrons. The Morgan fingerprint density at radius 1 is 0.596 bits per heavy atom. The Hall–Kier alpha value is -3.86. The number of benzene rings is 2. The van der Waals surface area contributed by atoms with E-state index in [2.05, 4.69) is 42.1 Å². The molecule has 0 saturated carbocycles. The van der Waals surface area contributed by atoms with Crippen LogP contribution in [0.5, 0.6) is 0 Å². The number of nitro groups is 2. The van der Waals surface area contributed by atoms with E-state index < -0.39 is 10.7 Å². The van der Waals surface area contributed by atoms with Crippen molar-refractivity contribution >= 4 is 17.1 Å². The highest BCUT2D eigenvalue weighted by atomic mass is 19.1. The van der Waals surface area contributed by atoms with Crippen molar-refractivity contribution < 1.29 is 19.7 Å². The maximum Gasteiger partial charge on any atom is 0.269 e. The summed E-state index contributed by atoms with van der Waals surface area (Å²) in [4.78, 5) is 22.0. The van der Waals surface area contributed by atoms with Crippen molar-refractivity contribution in [1.82, 2.24) is 37.2 Å². The molecule has 47 heavy (non-hydrogen) atoms. The predicted octanol–water partition coefficient (Wildman–Crippen LogP) is -0.0189. The summed E-state index contributed by atoms with van der Waals surface area (Å²) in [5, 5.41) is 51.6. The first-order valence-electron chi connectivity index (χ1n) is 15.5. The molecule has 2 saturated heterocycles. The second-order valence-electron chi connectivity index (χ2n) is 9.97. The van der Waals surface area contributed by atoms with Gasteiger partial charge in [0.1, 0.15) is 5.82 Å². The van der Waals surface area contributed by atoms with E-state index in [0.29, 0.717) is 0 Å². The summed E-state index contributed by atoms with van der Waals surface area (Å²) in [6, 6.07) is 12.9. The van der Waals surface area contributed by atoms with Crippen LogP contribution >= 0.6 is 0 Å². The zero-order chi connectivity index (χ0) is 33.7. The molecule has 264 valence electrons. The summed E-state index contributed by atoms with van der Waals surface area (Å²) in [6.07, 6.45) is 0. The third-order valence-electron chi connectivity index (χ3n) is 6.45. The normalized spacial score (nSPS) is 16.6. The fourth-order valence-electron chi connectivity index (χ4n) is 4.08. The van der Waals surface area contributed by atoms with Crippen LogP contribution in [0, 0.1) is 37.4 Å². The van der Waals surface area contributed by atoms with Crippen LogP contribution in [0.4, 0.5) is 21.5 Å². The van der Waals surface area contributed by atoms with Crippen molar-refractivity contribution in [3.05, 3.63) is 74.6 Å². The van der Waals surface area contributed by atoms with E-state index in [0.717, 1.165) is 135 Å². The van der Waals surface area contributed by atoms with Crippen LogP contribution in [0.15, 0.2) is 48.5 Å².